The van der Waals surface area contributed by atoms with Gasteiger partial charge in [-0.25, -0.2) is 5.10 Å². The maximum Gasteiger partial charge on any atom is 0.272 e. The van der Waals surface area contributed by atoms with E-state index in [1.54, 1.807) is 42.5 Å². The molecule has 0 saturated carbocycles. The van der Waals surface area contributed by atoms with E-state index >= 15 is 0 Å². The summed E-state index contributed by atoms with van der Waals surface area (Å²) in [6.07, 6.45) is 0.0332. The van der Waals surface area contributed by atoms with Crippen LogP contribution in [0.15, 0.2) is 83.7 Å². The first kappa shape index (κ1) is 20.0. The Morgan fingerprint density at radius 1 is 0.871 bits per heavy atom. The van der Waals surface area contributed by atoms with Crippen molar-refractivity contribution < 1.29 is 9.59 Å². The second kappa shape index (κ2) is 9.04. The maximum atomic E-state index is 12.5. The average Bonchev–Trinajstić information content (AvgIpc) is 2.80. The minimum absolute atomic E-state index is 0.0332. The number of rotatable bonds is 6. The average molecular weight is 412 g/mol. The van der Waals surface area contributed by atoms with Crippen LogP contribution in [0.5, 0.6) is 0 Å². The fourth-order valence-electron chi connectivity index (χ4n) is 3.27. The number of aromatic nitrogens is 2. The van der Waals surface area contributed by atoms with Crippen LogP contribution in [-0.4, -0.2) is 22.0 Å². The first-order valence-corrected chi connectivity index (χ1v) is 9.78. The molecular weight excluding hydrogens is 392 g/mol. The molecule has 0 fully saturated rings. The van der Waals surface area contributed by atoms with Crippen molar-refractivity contribution in [3.63, 3.8) is 0 Å². The molecule has 0 aliphatic heterocycles. The van der Waals surface area contributed by atoms with Crippen molar-refractivity contribution in [2.45, 2.75) is 13.0 Å². The molecule has 0 radical (unpaired) electrons. The lowest BCUT2D eigenvalue weighted by Crippen LogP contribution is -2.26. The number of hydrogen-bond donors (Lipinski definition) is 3. The highest BCUT2D eigenvalue weighted by molar-refractivity contribution is 6.04. The van der Waals surface area contributed by atoms with Crippen molar-refractivity contribution in [2.75, 3.05) is 5.32 Å². The Morgan fingerprint density at radius 2 is 1.61 bits per heavy atom. The smallest absolute Gasteiger partial charge is 0.272 e. The molecule has 31 heavy (non-hydrogen) atoms. The summed E-state index contributed by atoms with van der Waals surface area (Å²) in [6, 6.07) is 23.3. The number of benzene rings is 3. The number of nitrogens with zero attached hydrogens (tertiary/aromatic N) is 1. The second-order valence-corrected chi connectivity index (χ2v) is 7.02. The van der Waals surface area contributed by atoms with Gasteiger partial charge in [0.2, 0.25) is 5.91 Å². The number of aromatic amines is 1. The SMILES string of the molecule is O=C(Cc1n[nH]c(=O)c2ccccc12)NCc1cccc(C(=O)Nc2ccccc2)c1. The number of amides is 2. The Labute approximate surface area is 178 Å². The fourth-order valence-corrected chi connectivity index (χ4v) is 3.27. The first-order chi connectivity index (χ1) is 15.1. The molecule has 7 nitrogen and oxygen atoms in total. The van der Waals surface area contributed by atoms with Gasteiger partial charge in [-0.05, 0) is 35.9 Å². The molecule has 1 aromatic heterocycles. The number of anilines is 1. The molecule has 7 heteroatoms. The van der Waals surface area contributed by atoms with Crippen molar-refractivity contribution in [3.05, 3.63) is 106 Å². The van der Waals surface area contributed by atoms with Gasteiger partial charge in [-0.1, -0.05) is 48.5 Å². The highest BCUT2D eigenvalue weighted by atomic mass is 16.2. The number of para-hydroxylation sites is 1. The highest BCUT2D eigenvalue weighted by Gasteiger charge is 2.11. The van der Waals surface area contributed by atoms with Crippen molar-refractivity contribution in [1.29, 1.82) is 0 Å². The molecule has 4 rings (SSSR count). The van der Waals surface area contributed by atoms with Crippen LogP contribution in [0.2, 0.25) is 0 Å². The van der Waals surface area contributed by atoms with Crippen LogP contribution in [-0.2, 0) is 17.8 Å². The van der Waals surface area contributed by atoms with E-state index in [2.05, 4.69) is 20.8 Å². The summed E-state index contributed by atoms with van der Waals surface area (Å²) in [5.41, 5.74) is 2.23. The third kappa shape index (κ3) is 4.84. The molecule has 4 aromatic rings. The van der Waals surface area contributed by atoms with E-state index in [9.17, 15) is 14.4 Å². The number of carbonyl (C=O) groups is 2. The lowest BCUT2D eigenvalue weighted by atomic mass is 10.1. The second-order valence-electron chi connectivity index (χ2n) is 7.02. The summed E-state index contributed by atoms with van der Waals surface area (Å²) >= 11 is 0. The largest absolute Gasteiger partial charge is 0.352 e. The Morgan fingerprint density at radius 3 is 2.42 bits per heavy atom. The number of carbonyl (C=O) groups excluding carboxylic acids is 2. The summed E-state index contributed by atoms with van der Waals surface area (Å²) in [6.45, 7) is 0.270. The van der Waals surface area contributed by atoms with Gasteiger partial charge in [0, 0.05) is 23.2 Å². The Hall–Kier alpha value is -4.26. The lowest BCUT2D eigenvalue weighted by Gasteiger charge is -2.09. The van der Waals surface area contributed by atoms with Gasteiger partial charge in [-0.2, -0.15) is 5.10 Å². The van der Waals surface area contributed by atoms with Crippen LogP contribution >= 0.6 is 0 Å². The normalized spacial score (nSPS) is 10.6. The van der Waals surface area contributed by atoms with Crippen LogP contribution in [0, 0.1) is 0 Å². The summed E-state index contributed by atoms with van der Waals surface area (Å²) in [4.78, 5) is 36.8. The van der Waals surface area contributed by atoms with Gasteiger partial charge >= 0.3 is 0 Å². The molecule has 0 unspecified atom stereocenters. The number of fused-ring (bicyclic) bond motifs is 1. The Balaban J connectivity index is 1.40. The maximum absolute atomic E-state index is 12.5. The van der Waals surface area contributed by atoms with Gasteiger partial charge in [0.05, 0.1) is 17.5 Å². The molecule has 0 aliphatic rings. The number of H-pyrrole nitrogens is 1. The molecule has 154 valence electrons. The molecule has 0 aliphatic carbocycles. The topological polar surface area (TPSA) is 104 Å². The lowest BCUT2D eigenvalue weighted by molar-refractivity contribution is -0.120. The van der Waals surface area contributed by atoms with E-state index in [1.807, 2.05) is 36.4 Å². The summed E-state index contributed by atoms with van der Waals surface area (Å²) in [5, 5.41) is 13.3. The van der Waals surface area contributed by atoms with E-state index in [-0.39, 0.29) is 30.3 Å². The standard InChI is InChI=1S/C24H20N4O3/c29-22(14-21-19-11-4-5-12-20(19)24(31)28-27-21)25-15-16-7-6-8-17(13-16)23(30)26-18-9-2-1-3-10-18/h1-13H,14-15H2,(H,25,29)(H,26,30)(H,28,31). The van der Waals surface area contributed by atoms with E-state index in [1.165, 1.54) is 0 Å². The van der Waals surface area contributed by atoms with Gasteiger partial charge in [0.15, 0.2) is 0 Å². The summed E-state index contributed by atoms with van der Waals surface area (Å²) in [5.74, 6) is -0.452. The van der Waals surface area contributed by atoms with E-state index in [0.717, 1.165) is 5.56 Å². The van der Waals surface area contributed by atoms with E-state index in [4.69, 9.17) is 0 Å². The van der Waals surface area contributed by atoms with E-state index in [0.29, 0.717) is 27.7 Å². The third-order valence-corrected chi connectivity index (χ3v) is 4.81. The molecule has 3 N–H and O–H groups in total. The van der Waals surface area contributed by atoms with Crippen LogP contribution in [0.1, 0.15) is 21.6 Å². The van der Waals surface area contributed by atoms with Crippen molar-refractivity contribution >= 4 is 28.3 Å². The van der Waals surface area contributed by atoms with Crippen molar-refractivity contribution in [2.24, 2.45) is 0 Å². The van der Waals surface area contributed by atoms with Crippen molar-refractivity contribution in [1.82, 2.24) is 15.5 Å². The third-order valence-electron chi connectivity index (χ3n) is 4.81. The zero-order valence-corrected chi connectivity index (χ0v) is 16.6. The Kier molecular flexibility index (Phi) is 5.84. The molecule has 0 spiro atoms. The molecule has 0 saturated heterocycles. The molecule has 0 atom stereocenters. The van der Waals surface area contributed by atoms with Crippen LogP contribution in [0.4, 0.5) is 5.69 Å². The predicted octanol–water partition coefficient (Wildman–Crippen LogP) is 3.03. The summed E-state index contributed by atoms with van der Waals surface area (Å²) in [7, 11) is 0. The molecular formula is C24H20N4O3. The molecule has 3 aromatic carbocycles. The minimum atomic E-state index is -0.287. The zero-order chi connectivity index (χ0) is 21.6. The Bertz CT molecular complexity index is 1300. The monoisotopic (exact) mass is 412 g/mol. The molecule has 0 bridgehead atoms. The van der Waals surface area contributed by atoms with Crippen LogP contribution in [0.3, 0.4) is 0 Å². The van der Waals surface area contributed by atoms with Gasteiger partial charge < -0.3 is 10.6 Å². The zero-order valence-electron chi connectivity index (χ0n) is 16.6. The fraction of sp³-hybridized carbons (Fsp3) is 0.0833. The van der Waals surface area contributed by atoms with Gasteiger partial charge in [-0.15, -0.1) is 0 Å². The van der Waals surface area contributed by atoms with E-state index < -0.39 is 0 Å². The van der Waals surface area contributed by atoms with Gasteiger partial charge in [-0.3, -0.25) is 14.4 Å². The first-order valence-electron chi connectivity index (χ1n) is 9.78. The number of nitrogens with one attached hydrogen (secondary N) is 3. The molecule has 2 amide bonds. The highest BCUT2D eigenvalue weighted by Crippen LogP contribution is 2.13. The van der Waals surface area contributed by atoms with Gasteiger partial charge in [0.1, 0.15) is 0 Å². The molecule has 1 heterocycles. The predicted molar refractivity (Wildman–Crippen MR) is 119 cm³/mol. The quantitative estimate of drug-likeness (QED) is 0.453. The number of hydrogen-bond acceptors (Lipinski definition) is 4. The minimum Gasteiger partial charge on any atom is -0.352 e. The van der Waals surface area contributed by atoms with Crippen LogP contribution in [0.25, 0.3) is 10.8 Å². The van der Waals surface area contributed by atoms with Crippen LogP contribution < -0.4 is 16.2 Å². The summed E-state index contributed by atoms with van der Waals surface area (Å²) < 4.78 is 0. The van der Waals surface area contributed by atoms with Gasteiger partial charge in [0.25, 0.3) is 11.5 Å². The van der Waals surface area contributed by atoms with Crippen molar-refractivity contribution in [3.8, 4) is 0 Å².